The average Bonchev–Trinajstić information content (AvgIpc) is 3.43. The summed E-state index contributed by atoms with van der Waals surface area (Å²) in [6.07, 6.45) is 3.06. The first-order valence-electron chi connectivity index (χ1n) is 9.75. The third-order valence-corrected chi connectivity index (χ3v) is 6.38. The molecule has 1 saturated heterocycles. The molecule has 146 valence electrons. The van der Waals surface area contributed by atoms with Gasteiger partial charge >= 0.3 is 0 Å². The Hall–Kier alpha value is -2.77. The minimum Gasteiger partial charge on any atom is -0.353 e. The van der Waals surface area contributed by atoms with Gasteiger partial charge < -0.3 is 14.7 Å². The Balaban J connectivity index is 1.42. The standard InChI is InChI=1S/C20H21FN4O3/c21-14-5-3-11(4-6-14)18-23-19(28-24-18)16-12-1-2-13(9-12)17(16)20(27)25-8-7-22-15(26)10-25/h3-6,12-13,16-17H,1-2,7-10H2,(H,22,26)/t12-,13+,16+,17+/m1/s1. The highest BCUT2D eigenvalue weighted by atomic mass is 19.1. The van der Waals surface area contributed by atoms with Crippen molar-refractivity contribution < 1.29 is 18.5 Å². The lowest BCUT2D eigenvalue weighted by atomic mass is 9.78. The van der Waals surface area contributed by atoms with Crippen molar-refractivity contribution in [2.45, 2.75) is 25.2 Å². The van der Waals surface area contributed by atoms with Gasteiger partial charge in [-0.25, -0.2) is 4.39 Å². The van der Waals surface area contributed by atoms with Gasteiger partial charge in [0.1, 0.15) is 5.82 Å². The van der Waals surface area contributed by atoms with Gasteiger partial charge in [0.25, 0.3) is 0 Å². The highest BCUT2D eigenvalue weighted by Crippen LogP contribution is 2.57. The Kier molecular flexibility index (Phi) is 4.14. The first-order chi connectivity index (χ1) is 13.6. The summed E-state index contributed by atoms with van der Waals surface area (Å²) >= 11 is 0. The van der Waals surface area contributed by atoms with Gasteiger partial charge in [0.2, 0.25) is 23.5 Å². The minimum atomic E-state index is -0.322. The molecule has 2 saturated carbocycles. The number of aromatic nitrogens is 2. The van der Waals surface area contributed by atoms with Crippen LogP contribution in [0.2, 0.25) is 0 Å². The molecule has 5 rings (SSSR count). The van der Waals surface area contributed by atoms with Crippen LogP contribution in [0, 0.1) is 23.6 Å². The Morgan fingerprint density at radius 3 is 2.79 bits per heavy atom. The predicted molar refractivity (Wildman–Crippen MR) is 96.3 cm³/mol. The number of benzene rings is 1. The van der Waals surface area contributed by atoms with Crippen LogP contribution in [0.25, 0.3) is 11.4 Å². The molecule has 7 nitrogen and oxygen atoms in total. The molecule has 8 heteroatoms. The number of nitrogens with zero attached hydrogens (tertiary/aromatic N) is 3. The first-order valence-corrected chi connectivity index (χ1v) is 9.75. The highest BCUT2D eigenvalue weighted by molar-refractivity contribution is 5.87. The van der Waals surface area contributed by atoms with Gasteiger partial charge in [-0.05, 0) is 55.4 Å². The first kappa shape index (κ1) is 17.3. The second-order valence-electron chi connectivity index (χ2n) is 7.96. The van der Waals surface area contributed by atoms with Gasteiger partial charge in [0.15, 0.2) is 0 Å². The molecular weight excluding hydrogens is 363 g/mol. The summed E-state index contributed by atoms with van der Waals surface area (Å²) in [5.74, 6) is 0.783. The van der Waals surface area contributed by atoms with Crippen molar-refractivity contribution in [3.05, 3.63) is 36.0 Å². The monoisotopic (exact) mass is 384 g/mol. The minimum absolute atomic E-state index is 0.0218. The van der Waals surface area contributed by atoms with E-state index in [0.717, 1.165) is 19.3 Å². The van der Waals surface area contributed by atoms with Crippen molar-refractivity contribution in [3.63, 3.8) is 0 Å². The molecule has 1 N–H and O–H groups in total. The fourth-order valence-electron chi connectivity index (χ4n) is 5.13. The number of carbonyl (C=O) groups excluding carboxylic acids is 2. The van der Waals surface area contributed by atoms with Crippen LogP contribution >= 0.6 is 0 Å². The smallest absolute Gasteiger partial charge is 0.239 e. The van der Waals surface area contributed by atoms with Crippen LogP contribution in [0.1, 0.15) is 31.1 Å². The van der Waals surface area contributed by atoms with Gasteiger partial charge in [-0.3, -0.25) is 9.59 Å². The normalized spacial score (nSPS) is 29.2. The van der Waals surface area contributed by atoms with Crippen LogP contribution in [-0.2, 0) is 9.59 Å². The molecule has 3 fully saturated rings. The van der Waals surface area contributed by atoms with E-state index in [1.54, 1.807) is 17.0 Å². The molecule has 3 aliphatic rings. The number of hydrogen-bond donors (Lipinski definition) is 1. The number of amides is 2. The molecule has 0 spiro atoms. The van der Waals surface area contributed by atoms with Gasteiger partial charge in [-0.15, -0.1) is 0 Å². The van der Waals surface area contributed by atoms with Gasteiger partial charge in [0.05, 0.1) is 18.4 Å². The van der Waals surface area contributed by atoms with E-state index in [1.165, 1.54) is 12.1 Å². The molecule has 2 aromatic rings. The van der Waals surface area contributed by atoms with Crippen molar-refractivity contribution in [2.75, 3.05) is 19.6 Å². The highest BCUT2D eigenvalue weighted by Gasteiger charge is 2.54. The van der Waals surface area contributed by atoms with Gasteiger partial charge in [-0.1, -0.05) is 5.16 Å². The molecule has 2 bridgehead atoms. The Morgan fingerprint density at radius 2 is 2.00 bits per heavy atom. The molecule has 0 radical (unpaired) electrons. The Morgan fingerprint density at radius 1 is 1.21 bits per heavy atom. The van der Waals surface area contributed by atoms with Crippen molar-refractivity contribution in [1.82, 2.24) is 20.4 Å². The summed E-state index contributed by atoms with van der Waals surface area (Å²) in [5, 5.41) is 6.82. The number of halogens is 1. The molecule has 1 aliphatic heterocycles. The lowest BCUT2D eigenvalue weighted by Crippen LogP contribution is -2.52. The summed E-state index contributed by atoms with van der Waals surface area (Å²) < 4.78 is 18.7. The molecule has 28 heavy (non-hydrogen) atoms. The van der Waals surface area contributed by atoms with Crippen LogP contribution < -0.4 is 5.32 Å². The lowest BCUT2D eigenvalue weighted by molar-refractivity contribution is -0.143. The maximum atomic E-state index is 13.2. The third kappa shape index (κ3) is 2.87. The molecule has 2 amide bonds. The zero-order valence-corrected chi connectivity index (χ0v) is 15.3. The number of nitrogens with one attached hydrogen (secondary N) is 1. The summed E-state index contributed by atoms with van der Waals surface area (Å²) in [4.78, 5) is 31.2. The topological polar surface area (TPSA) is 88.3 Å². The molecule has 2 heterocycles. The van der Waals surface area contributed by atoms with Crippen molar-refractivity contribution in [1.29, 1.82) is 0 Å². The zero-order chi connectivity index (χ0) is 19.3. The molecule has 0 unspecified atom stereocenters. The number of rotatable bonds is 3. The Bertz CT molecular complexity index is 912. The van der Waals surface area contributed by atoms with Crippen molar-refractivity contribution >= 4 is 11.8 Å². The number of fused-ring (bicyclic) bond motifs is 2. The van der Waals surface area contributed by atoms with Crippen molar-refractivity contribution in [3.8, 4) is 11.4 Å². The maximum Gasteiger partial charge on any atom is 0.239 e. The zero-order valence-electron chi connectivity index (χ0n) is 15.3. The fourth-order valence-corrected chi connectivity index (χ4v) is 5.13. The number of hydrogen-bond acceptors (Lipinski definition) is 5. The van der Waals surface area contributed by atoms with Crippen LogP contribution in [0.15, 0.2) is 28.8 Å². The van der Waals surface area contributed by atoms with Gasteiger partial charge in [0, 0.05) is 18.7 Å². The molecule has 4 atom stereocenters. The van der Waals surface area contributed by atoms with Crippen LogP contribution in [-0.4, -0.2) is 46.5 Å². The van der Waals surface area contributed by atoms with E-state index in [0.29, 0.717) is 42.2 Å². The summed E-state index contributed by atoms with van der Waals surface area (Å²) in [7, 11) is 0. The average molecular weight is 384 g/mol. The van der Waals surface area contributed by atoms with E-state index in [-0.39, 0.29) is 36.0 Å². The summed E-state index contributed by atoms with van der Waals surface area (Å²) in [5.41, 5.74) is 0.676. The molecular formula is C20H21FN4O3. The molecule has 1 aromatic heterocycles. The molecule has 2 aliphatic carbocycles. The van der Waals surface area contributed by atoms with Crippen molar-refractivity contribution in [2.24, 2.45) is 17.8 Å². The van der Waals surface area contributed by atoms with Gasteiger partial charge in [-0.2, -0.15) is 4.98 Å². The van der Waals surface area contributed by atoms with E-state index >= 15 is 0 Å². The lowest BCUT2D eigenvalue weighted by Gasteiger charge is -2.34. The second kappa shape index (κ2) is 6.68. The van der Waals surface area contributed by atoms with E-state index in [2.05, 4.69) is 15.5 Å². The maximum absolute atomic E-state index is 13.2. The summed E-state index contributed by atoms with van der Waals surface area (Å²) in [6.45, 7) is 1.14. The molecule has 1 aromatic carbocycles. The quantitative estimate of drug-likeness (QED) is 0.874. The number of piperazine rings is 1. The second-order valence-corrected chi connectivity index (χ2v) is 7.96. The van der Waals surface area contributed by atoms with Crippen LogP contribution in [0.3, 0.4) is 0 Å². The SMILES string of the molecule is O=C1CN(C(=O)[C@H]2[C@H]3CC[C@H](C3)[C@@H]2c2nc(-c3ccc(F)cc3)no2)CCN1. The number of carbonyl (C=O) groups is 2. The van der Waals surface area contributed by atoms with E-state index < -0.39 is 0 Å². The van der Waals surface area contributed by atoms with E-state index in [1.807, 2.05) is 0 Å². The summed E-state index contributed by atoms with van der Waals surface area (Å²) in [6, 6.07) is 5.94. The van der Waals surface area contributed by atoms with E-state index in [9.17, 15) is 14.0 Å². The van der Waals surface area contributed by atoms with Crippen LogP contribution in [0.5, 0.6) is 0 Å². The largest absolute Gasteiger partial charge is 0.353 e. The fraction of sp³-hybridized carbons (Fsp3) is 0.500. The third-order valence-electron chi connectivity index (χ3n) is 6.38. The Labute approximate surface area is 161 Å². The predicted octanol–water partition coefficient (Wildman–Crippen LogP) is 1.96. The van der Waals surface area contributed by atoms with E-state index in [4.69, 9.17) is 4.52 Å². The van der Waals surface area contributed by atoms with Crippen LogP contribution in [0.4, 0.5) is 4.39 Å².